The van der Waals surface area contributed by atoms with Gasteiger partial charge in [-0.3, -0.25) is 4.79 Å². The molecule has 0 N–H and O–H groups in total. The van der Waals surface area contributed by atoms with Crippen LogP contribution in [0.3, 0.4) is 0 Å². The molecule has 0 atom stereocenters. The lowest BCUT2D eigenvalue weighted by Gasteiger charge is -2.29. The molecule has 0 aliphatic heterocycles. The molecule has 0 heterocycles. The second-order valence-corrected chi connectivity index (χ2v) is 6.71. The van der Waals surface area contributed by atoms with Crippen LogP contribution in [0.5, 0.6) is 0 Å². The van der Waals surface area contributed by atoms with Crippen molar-refractivity contribution in [3.63, 3.8) is 0 Å². The van der Waals surface area contributed by atoms with Gasteiger partial charge in [0.05, 0.1) is 0 Å². The summed E-state index contributed by atoms with van der Waals surface area (Å²) in [5.74, 6) is 0.0550. The van der Waals surface area contributed by atoms with Crippen LogP contribution in [0.4, 0.5) is 5.69 Å². The fourth-order valence-electron chi connectivity index (χ4n) is 2.60. The number of carbonyl (C=O) groups excluding carboxylic acids is 1. The number of nitrogens with zero attached hydrogens (tertiary/aromatic N) is 1. The molecule has 0 fully saturated rings. The molecule has 120 valence electrons. The lowest BCUT2D eigenvalue weighted by molar-refractivity contribution is -0.116. The highest BCUT2D eigenvalue weighted by molar-refractivity contribution is 5.93. The van der Waals surface area contributed by atoms with Gasteiger partial charge in [-0.15, -0.1) is 0 Å². The average molecular weight is 307 g/mol. The molecule has 0 saturated carbocycles. The Morgan fingerprint density at radius 1 is 1.00 bits per heavy atom. The quantitative estimate of drug-likeness (QED) is 0.774. The first-order chi connectivity index (χ1) is 10.9. The number of para-hydroxylation sites is 1. The molecule has 0 aliphatic rings. The van der Waals surface area contributed by atoms with Crippen LogP contribution in [-0.4, -0.2) is 12.5 Å². The van der Waals surface area contributed by atoms with Gasteiger partial charge in [0.15, 0.2) is 0 Å². The van der Waals surface area contributed by atoms with E-state index >= 15 is 0 Å². The SMILES string of the molecule is CC(=O)N(CC=Cc1ccccc1)c1ccccc1C(C)(C)C. The summed E-state index contributed by atoms with van der Waals surface area (Å²) in [6.07, 6.45) is 4.09. The predicted octanol–water partition coefficient (Wildman–Crippen LogP) is 5.05. The lowest BCUT2D eigenvalue weighted by atomic mass is 9.85. The van der Waals surface area contributed by atoms with Gasteiger partial charge >= 0.3 is 0 Å². The third-order valence-corrected chi connectivity index (χ3v) is 3.78. The third kappa shape index (κ3) is 4.56. The van der Waals surface area contributed by atoms with Crippen LogP contribution in [-0.2, 0) is 10.2 Å². The van der Waals surface area contributed by atoms with Crippen molar-refractivity contribution in [3.8, 4) is 0 Å². The van der Waals surface area contributed by atoms with Crippen LogP contribution < -0.4 is 4.90 Å². The van der Waals surface area contributed by atoms with Crippen molar-refractivity contribution in [1.82, 2.24) is 0 Å². The fourth-order valence-corrected chi connectivity index (χ4v) is 2.60. The molecule has 2 heteroatoms. The van der Waals surface area contributed by atoms with Gasteiger partial charge in [-0.25, -0.2) is 0 Å². The Hall–Kier alpha value is -2.35. The molecule has 1 amide bonds. The molecule has 23 heavy (non-hydrogen) atoms. The Morgan fingerprint density at radius 3 is 2.22 bits per heavy atom. The summed E-state index contributed by atoms with van der Waals surface area (Å²) < 4.78 is 0. The summed E-state index contributed by atoms with van der Waals surface area (Å²) >= 11 is 0. The largest absolute Gasteiger partial charge is 0.309 e. The predicted molar refractivity (Wildman–Crippen MR) is 98.6 cm³/mol. The fraction of sp³-hybridized carbons (Fsp3) is 0.286. The molecule has 0 bridgehead atoms. The molecule has 0 spiro atoms. The van der Waals surface area contributed by atoms with E-state index in [1.807, 2.05) is 47.4 Å². The zero-order valence-electron chi connectivity index (χ0n) is 14.4. The minimum absolute atomic E-state index is 0.00651. The van der Waals surface area contributed by atoms with E-state index in [-0.39, 0.29) is 11.3 Å². The second-order valence-electron chi connectivity index (χ2n) is 6.71. The third-order valence-electron chi connectivity index (χ3n) is 3.78. The zero-order chi connectivity index (χ0) is 16.9. The van der Waals surface area contributed by atoms with Crippen LogP contribution in [0.25, 0.3) is 6.08 Å². The Morgan fingerprint density at radius 2 is 1.61 bits per heavy atom. The number of anilines is 1. The summed E-state index contributed by atoms with van der Waals surface area (Å²) in [4.78, 5) is 14.0. The van der Waals surface area contributed by atoms with Crippen molar-refractivity contribution in [2.75, 3.05) is 11.4 Å². The van der Waals surface area contributed by atoms with Crippen molar-refractivity contribution in [1.29, 1.82) is 0 Å². The van der Waals surface area contributed by atoms with E-state index in [4.69, 9.17) is 0 Å². The maximum Gasteiger partial charge on any atom is 0.224 e. The molecule has 0 saturated heterocycles. The number of amides is 1. The van der Waals surface area contributed by atoms with E-state index in [2.05, 4.69) is 45.0 Å². The van der Waals surface area contributed by atoms with Gasteiger partial charge in [-0.1, -0.05) is 81.5 Å². The van der Waals surface area contributed by atoms with Gasteiger partial charge in [0, 0.05) is 19.2 Å². The maximum atomic E-state index is 12.2. The van der Waals surface area contributed by atoms with Crippen LogP contribution in [0.2, 0.25) is 0 Å². The van der Waals surface area contributed by atoms with E-state index in [1.54, 1.807) is 6.92 Å². The summed E-state index contributed by atoms with van der Waals surface area (Å²) in [6.45, 7) is 8.70. The molecule has 2 nitrogen and oxygen atoms in total. The molecule has 0 aromatic heterocycles. The van der Waals surface area contributed by atoms with Gasteiger partial charge in [0.2, 0.25) is 5.91 Å². The van der Waals surface area contributed by atoms with Crippen LogP contribution in [0, 0.1) is 0 Å². The first kappa shape index (κ1) is 17.0. The van der Waals surface area contributed by atoms with Crippen molar-refractivity contribution in [2.45, 2.75) is 33.1 Å². The topological polar surface area (TPSA) is 20.3 Å². The normalized spacial score (nSPS) is 11.7. The number of hydrogen-bond acceptors (Lipinski definition) is 1. The first-order valence-corrected chi connectivity index (χ1v) is 7.99. The van der Waals surface area contributed by atoms with Gasteiger partial charge in [-0.2, -0.15) is 0 Å². The van der Waals surface area contributed by atoms with Gasteiger partial charge in [0.25, 0.3) is 0 Å². The second kappa shape index (κ2) is 7.28. The lowest BCUT2D eigenvalue weighted by Crippen LogP contribution is -2.31. The average Bonchev–Trinajstić information content (AvgIpc) is 2.51. The van der Waals surface area contributed by atoms with E-state index in [0.717, 1.165) is 11.3 Å². The van der Waals surface area contributed by atoms with E-state index in [0.29, 0.717) is 6.54 Å². The van der Waals surface area contributed by atoms with Gasteiger partial charge in [-0.05, 0) is 22.6 Å². The zero-order valence-corrected chi connectivity index (χ0v) is 14.4. The standard InChI is InChI=1S/C21H25NO/c1-17(23)22(16-10-13-18-11-6-5-7-12-18)20-15-9-8-14-19(20)21(2,3)4/h5-15H,16H2,1-4H3. The molecule has 0 unspecified atom stereocenters. The minimum atomic E-state index is -0.00651. The number of carbonyl (C=O) groups is 1. The highest BCUT2D eigenvalue weighted by atomic mass is 16.2. The van der Waals surface area contributed by atoms with Crippen molar-refractivity contribution in [3.05, 3.63) is 71.8 Å². The Kier molecular flexibility index (Phi) is 5.38. The molecule has 0 aliphatic carbocycles. The number of rotatable bonds is 4. The Labute approximate surface area is 139 Å². The summed E-state index contributed by atoms with van der Waals surface area (Å²) in [5.41, 5.74) is 3.31. The number of hydrogen-bond donors (Lipinski definition) is 0. The number of benzene rings is 2. The van der Waals surface area contributed by atoms with E-state index < -0.39 is 0 Å². The Balaban J connectivity index is 2.27. The summed E-state index contributed by atoms with van der Waals surface area (Å²) in [5, 5.41) is 0. The molecule has 2 rings (SSSR count). The monoisotopic (exact) mass is 307 g/mol. The molecule has 2 aromatic carbocycles. The van der Waals surface area contributed by atoms with Gasteiger partial charge < -0.3 is 4.90 Å². The van der Waals surface area contributed by atoms with Crippen molar-refractivity contribution >= 4 is 17.7 Å². The van der Waals surface area contributed by atoms with E-state index in [9.17, 15) is 4.79 Å². The summed E-state index contributed by atoms with van der Waals surface area (Å²) in [6, 6.07) is 18.3. The highest BCUT2D eigenvalue weighted by Gasteiger charge is 2.21. The Bertz CT molecular complexity index is 680. The van der Waals surface area contributed by atoms with Crippen LogP contribution >= 0.6 is 0 Å². The first-order valence-electron chi connectivity index (χ1n) is 7.99. The molecular formula is C21H25NO. The smallest absolute Gasteiger partial charge is 0.224 e. The molecule has 0 radical (unpaired) electrons. The van der Waals surface area contributed by atoms with Gasteiger partial charge in [0.1, 0.15) is 0 Å². The summed E-state index contributed by atoms with van der Waals surface area (Å²) in [7, 11) is 0. The van der Waals surface area contributed by atoms with E-state index in [1.165, 1.54) is 5.56 Å². The molecular weight excluding hydrogens is 282 g/mol. The minimum Gasteiger partial charge on any atom is -0.309 e. The van der Waals surface area contributed by atoms with Crippen LogP contribution in [0.15, 0.2) is 60.7 Å². The van der Waals surface area contributed by atoms with Crippen molar-refractivity contribution in [2.24, 2.45) is 0 Å². The highest BCUT2D eigenvalue weighted by Crippen LogP contribution is 2.31. The van der Waals surface area contributed by atoms with Crippen LogP contribution in [0.1, 0.15) is 38.8 Å². The van der Waals surface area contributed by atoms with Crippen molar-refractivity contribution < 1.29 is 4.79 Å². The molecule has 2 aromatic rings. The maximum absolute atomic E-state index is 12.2.